The predicted molar refractivity (Wildman–Crippen MR) is 124 cm³/mol. The number of aromatic nitrogens is 1. The molecule has 166 valence electrons. The Kier molecular flexibility index (Phi) is 8.04. The summed E-state index contributed by atoms with van der Waals surface area (Å²) in [6, 6.07) is 13.7. The van der Waals surface area contributed by atoms with E-state index in [4.69, 9.17) is 0 Å². The van der Waals surface area contributed by atoms with Crippen LogP contribution in [0.25, 0.3) is 0 Å². The van der Waals surface area contributed by atoms with Crippen LogP contribution in [-0.4, -0.2) is 54.4 Å². The van der Waals surface area contributed by atoms with E-state index in [1.165, 1.54) is 0 Å². The lowest BCUT2D eigenvalue weighted by atomic mass is 9.95. The lowest BCUT2D eigenvalue weighted by Gasteiger charge is -2.37. The van der Waals surface area contributed by atoms with Gasteiger partial charge in [-0.2, -0.15) is 0 Å². The standard InChI is InChI=1S/C25H34N4O2/c1-4-22(20-8-6-5-7-9-20)25(31)29-16-14-28(15-17-29)23-11-10-21(18-27-23)24(30)26-13-12-19(2)3/h5-11,18-19,22H,4,12-17H2,1-3H3,(H,26,30). The molecule has 0 spiro atoms. The Hall–Kier alpha value is -2.89. The van der Waals surface area contributed by atoms with E-state index in [1.54, 1.807) is 6.20 Å². The zero-order chi connectivity index (χ0) is 22.2. The molecule has 1 aromatic carbocycles. The summed E-state index contributed by atoms with van der Waals surface area (Å²) in [4.78, 5) is 33.9. The highest BCUT2D eigenvalue weighted by atomic mass is 16.2. The van der Waals surface area contributed by atoms with Gasteiger partial charge in [-0.05, 0) is 36.5 Å². The number of anilines is 1. The molecule has 1 fully saturated rings. The van der Waals surface area contributed by atoms with E-state index in [2.05, 4.69) is 36.0 Å². The zero-order valence-corrected chi connectivity index (χ0v) is 18.9. The highest BCUT2D eigenvalue weighted by Gasteiger charge is 2.27. The van der Waals surface area contributed by atoms with Crippen LogP contribution in [-0.2, 0) is 4.79 Å². The molecule has 1 aliphatic rings. The Labute approximate surface area is 185 Å². The summed E-state index contributed by atoms with van der Waals surface area (Å²) in [6.07, 6.45) is 3.40. The molecular weight excluding hydrogens is 388 g/mol. The molecule has 0 aliphatic carbocycles. The summed E-state index contributed by atoms with van der Waals surface area (Å²) in [5.41, 5.74) is 1.66. The minimum atomic E-state index is -0.0839. The van der Waals surface area contributed by atoms with Gasteiger partial charge in [-0.25, -0.2) is 4.98 Å². The smallest absolute Gasteiger partial charge is 0.252 e. The predicted octanol–water partition coefficient (Wildman–Crippen LogP) is 3.70. The minimum Gasteiger partial charge on any atom is -0.353 e. The maximum atomic E-state index is 13.1. The third-order valence-corrected chi connectivity index (χ3v) is 5.84. The molecule has 1 saturated heterocycles. The van der Waals surface area contributed by atoms with Crippen LogP contribution in [0.4, 0.5) is 5.82 Å². The summed E-state index contributed by atoms with van der Waals surface area (Å²) in [5.74, 6) is 1.45. The highest BCUT2D eigenvalue weighted by Crippen LogP contribution is 2.23. The van der Waals surface area contributed by atoms with E-state index >= 15 is 0 Å². The van der Waals surface area contributed by atoms with E-state index in [0.717, 1.165) is 37.3 Å². The van der Waals surface area contributed by atoms with E-state index in [0.29, 0.717) is 31.1 Å². The topological polar surface area (TPSA) is 65.5 Å². The number of hydrogen-bond acceptors (Lipinski definition) is 4. The maximum absolute atomic E-state index is 13.1. The molecule has 0 radical (unpaired) electrons. The van der Waals surface area contributed by atoms with Gasteiger partial charge in [0.25, 0.3) is 5.91 Å². The van der Waals surface area contributed by atoms with Crippen molar-refractivity contribution in [2.45, 2.75) is 39.5 Å². The molecule has 1 aliphatic heterocycles. The number of benzene rings is 1. The molecule has 2 aromatic rings. The van der Waals surface area contributed by atoms with E-state index in [-0.39, 0.29) is 17.7 Å². The molecule has 3 rings (SSSR count). The first kappa shape index (κ1) is 22.8. The van der Waals surface area contributed by atoms with Crippen LogP contribution in [0.1, 0.15) is 55.5 Å². The van der Waals surface area contributed by atoms with Gasteiger partial charge in [0.05, 0.1) is 11.5 Å². The first-order valence-corrected chi connectivity index (χ1v) is 11.3. The highest BCUT2D eigenvalue weighted by molar-refractivity contribution is 5.94. The Balaban J connectivity index is 1.53. The number of carbonyl (C=O) groups excluding carboxylic acids is 2. The van der Waals surface area contributed by atoms with Gasteiger partial charge in [-0.1, -0.05) is 51.1 Å². The van der Waals surface area contributed by atoms with E-state index in [1.807, 2.05) is 47.4 Å². The van der Waals surface area contributed by atoms with Gasteiger partial charge in [0.15, 0.2) is 0 Å². The third-order valence-electron chi connectivity index (χ3n) is 5.84. The lowest BCUT2D eigenvalue weighted by Crippen LogP contribution is -2.50. The molecule has 0 saturated carbocycles. The van der Waals surface area contributed by atoms with Crippen molar-refractivity contribution in [1.82, 2.24) is 15.2 Å². The molecule has 6 nitrogen and oxygen atoms in total. The number of nitrogens with one attached hydrogen (secondary N) is 1. The van der Waals surface area contributed by atoms with Crippen LogP contribution >= 0.6 is 0 Å². The first-order valence-electron chi connectivity index (χ1n) is 11.3. The zero-order valence-electron chi connectivity index (χ0n) is 18.9. The van der Waals surface area contributed by atoms with Crippen LogP contribution in [0, 0.1) is 5.92 Å². The summed E-state index contributed by atoms with van der Waals surface area (Å²) >= 11 is 0. The fraction of sp³-hybridized carbons (Fsp3) is 0.480. The van der Waals surface area contributed by atoms with Crippen molar-refractivity contribution in [3.8, 4) is 0 Å². The van der Waals surface area contributed by atoms with Crippen LogP contribution in [0.15, 0.2) is 48.7 Å². The molecule has 6 heteroatoms. The number of rotatable bonds is 8. The Bertz CT molecular complexity index is 844. The Morgan fingerprint density at radius 1 is 1.03 bits per heavy atom. The fourth-order valence-corrected chi connectivity index (χ4v) is 3.90. The van der Waals surface area contributed by atoms with Crippen molar-refractivity contribution in [2.24, 2.45) is 5.92 Å². The number of hydrogen-bond donors (Lipinski definition) is 1. The SMILES string of the molecule is CCC(C(=O)N1CCN(c2ccc(C(=O)NCCC(C)C)cn2)CC1)c1ccccc1. The van der Waals surface area contributed by atoms with Crippen LogP contribution in [0.2, 0.25) is 0 Å². The van der Waals surface area contributed by atoms with Gasteiger partial charge >= 0.3 is 0 Å². The second-order valence-electron chi connectivity index (χ2n) is 8.53. The van der Waals surface area contributed by atoms with Gasteiger partial charge in [-0.3, -0.25) is 9.59 Å². The first-order chi connectivity index (χ1) is 15.0. The van der Waals surface area contributed by atoms with Crippen LogP contribution in [0.5, 0.6) is 0 Å². The van der Waals surface area contributed by atoms with Gasteiger partial charge < -0.3 is 15.1 Å². The molecule has 1 aromatic heterocycles. The maximum Gasteiger partial charge on any atom is 0.252 e. The molecule has 31 heavy (non-hydrogen) atoms. The average Bonchev–Trinajstić information content (AvgIpc) is 2.80. The second-order valence-corrected chi connectivity index (χ2v) is 8.53. The van der Waals surface area contributed by atoms with Crippen molar-refractivity contribution >= 4 is 17.6 Å². The van der Waals surface area contributed by atoms with Crippen molar-refractivity contribution < 1.29 is 9.59 Å². The molecule has 2 amide bonds. The monoisotopic (exact) mass is 422 g/mol. The third kappa shape index (κ3) is 6.06. The largest absolute Gasteiger partial charge is 0.353 e. The van der Waals surface area contributed by atoms with Crippen LogP contribution in [0.3, 0.4) is 0 Å². The number of pyridine rings is 1. The van der Waals surface area contributed by atoms with Crippen LogP contribution < -0.4 is 10.2 Å². The van der Waals surface area contributed by atoms with E-state index in [9.17, 15) is 9.59 Å². The van der Waals surface area contributed by atoms with Gasteiger partial charge in [0.2, 0.25) is 5.91 Å². The Morgan fingerprint density at radius 3 is 2.32 bits per heavy atom. The summed E-state index contributed by atoms with van der Waals surface area (Å²) < 4.78 is 0. The number of carbonyl (C=O) groups is 2. The number of nitrogens with zero attached hydrogens (tertiary/aromatic N) is 3. The summed E-state index contributed by atoms with van der Waals surface area (Å²) in [6.45, 7) is 9.86. The Morgan fingerprint density at radius 2 is 1.74 bits per heavy atom. The van der Waals surface area contributed by atoms with Gasteiger partial charge in [0, 0.05) is 38.9 Å². The molecule has 1 N–H and O–H groups in total. The van der Waals surface area contributed by atoms with Crippen molar-refractivity contribution in [1.29, 1.82) is 0 Å². The molecule has 0 bridgehead atoms. The van der Waals surface area contributed by atoms with Crippen molar-refractivity contribution in [3.63, 3.8) is 0 Å². The van der Waals surface area contributed by atoms with Crippen molar-refractivity contribution in [2.75, 3.05) is 37.6 Å². The van der Waals surface area contributed by atoms with Gasteiger partial charge in [0.1, 0.15) is 5.82 Å². The molecular formula is C25H34N4O2. The lowest BCUT2D eigenvalue weighted by molar-refractivity contribution is -0.133. The molecule has 1 atom stereocenters. The molecule has 1 unspecified atom stereocenters. The fourth-order valence-electron chi connectivity index (χ4n) is 3.90. The quantitative estimate of drug-likeness (QED) is 0.704. The second kappa shape index (κ2) is 10.9. The minimum absolute atomic E-state index is 0.0818. The molecule has 2 heterocycles. The van der Waals surface area contributed by atoms with E-state index < -0.39 is 0 Å². The normalized spacial score (nSPS) is 15.1. The summed E-state index contributed by atoms with van der Waals surface area (Å²) in [7, 11) is 0. The van der Waals surface area contributed by atoms with Crippen molar-refractivity contribution in [3.05, 3.63) is 59.8 Å². The summed E-state index contributed by atoms with van der Waals surface area (Å²) in [5, 5.41) is 2.94. The average molecular weight is 423 g/mol. The number of amides is 2. The number of piperazine rings is 1. The van der Waals surface area contributed by atoms with Gasteiger partial charge in [-0.15, -0.1) is 0 Å².